The standard InChI is InChI=1S/C23H17Cl2F3N2O4S/c1-14(29-30-22(31)13-15-6-11-19(24)20(25)12-15)18-4-2-3-5-21(18)34-35(32,33)17-9-7-16(8-10-17)23(26,27)28/h2-12H,13H2,1H3,(H,30,31)/b29-14+. The third-order valence-corrected chi connectivity index (χ3v) is 6.63. The van der Waals surface area contributed by atoms with Crippen LogP contribution in [-0.4, -0.2) is 20.0 Å². The smallest absolute Gasteiger partial charge is 0.378 e. The minimum atomic E-state index is -4.60. The molecule has 0 aliphatic rings. The molecule has 3 aromatic carbocycles. The van der Waals surface area contributed by atoms with Gasteiger partial charge in [-0.3, -0.25) is 4.79 Å². The van der Waals surface area contributed by atoms with E-state index in [0.717, 1.165) is 12.1 Å². The monoisotopic (exact) mass is 544 g/mol. The van der Waals surface area contributed by atoms with Gasteiger partial charge < -0.3 is 4.18 Å². The van der Waals surface area contributed by atoms with Crippen LogP contribution in [0.15, 0.2) is 76.7 Å². The number of hydrogen-bond acceptors (Lipinski definition) is 5. The lowest BCUT2D eigenvalue weighted by molar-refractivity contribution is -0.137. The van der Waals surface area contributed by atoms with Crippen molar-refractivity contribution in [3.63, 3.8) is 0 Å². The van der Waals surface area contributed by atoms with E-state index in [1.165, 1.54) is 25.1 Å². The van der Waals surface area contributed by atoms with Gasteiger partial charge in [-0.1, -0.05) is 41.4 Å². The molecule has 6 nitrogen and oxygen atoms in total. The van der Waals surface area contributed by atoms with Gasteiger partial charge in [-0.25, -0.2) is 5.43 Å². The number of carbonyl (C=O) groups excluding carboxylic acids is 1. The number of alkyl halides is 3. The van der Waals surface area contributed by atoms with E-state index < -0.39 is 32.7 Å². The molecule has 1 N–H and O–H groups in total. The zero-order valence-corrected chi connectivity index (χ0v) is 20.3. The second-order valence-corrected chi connectivity index (χ2v) is 9.57. The van der Waals surface area contributed by atoms with Crippen molar-refractivity contribution in [2.75, 3.05) is 0 Å². The highest BCUT2D eigenvalue weighted by Gasteiger charge is 2.31. The number of para-hydroxylation sites is 1. The molecule has 0 fully saturated rings. The Morgan fingerprint density at radius 2 is 1.66 bits per heavy atom. The van der Waals surface area contributed by atoms with Gasteiger partial charge in [0.15, 0.2) is 5.75 Å². The van der Waals surface area contributed by atoms with Crippen molar-refractivity contribution in [2.24, 2.45) is 5.10 Å². The fraction of sp³-hybridized carbons (Fsp3) is 0.130. The number of benzene rings is 3. The van der Waals surface area contributed by atoms with Gasteiger partial charge in [0.1, 0.15) is 4.90 Å². The molecule has 12 heteroatoms. The van der Waals surface area contributed by atoms with Gasteiger partial charge in [0.25, 0.3) is 0 Å². The number of hydrogen-bond donors (Lipinski definition) is 1. The average Bonchev–Trinajstić information content (AvgIpc) is 2.79. The van der Waals surface area contributed by atoms with E-state index in [2.05, 4.69) is 10.5 Å². The van der Waals surface area contributed by atoms with Gasteiger partial charge in [0.05, 0.1) is 27.7 Å². The highest BCUT2D eigenvalue weighted by atomic mass is 35.5. The zero-order chi connectivity index (χ0) is 25.8. The van der Waals surface area contributed by atoms with Crippen LogP contribution in [0.5, 0.6) is 5.75 Å². The summed E-state index contributed by atoms with van der Waals surface area (Å²) < 4.78 is 68.7. The summed E-state index contributed by atoms with van der Waals surface area (Å²) in [6.07, 6.45) is -4.64. The molecule has 0 bridgehead atoms. The maximum Gasteiger partial charge on any atom is 0.416 e. The van der Waals surface area contributed by atoms with Crippen LogP contribution in [0.3, 0.4) is 0 Å². The van der Waals surface area contributed by atoms with E-state index in [-0.39, 0.29) is 23.4 Å². The molecule has 184 valence electrons. The van der Waals surface area contributed by atoms with Gasteiger partial charge in [0, 0.05) is 5.56 Å². The van der Waals surface area contributed by atoms with Crippen LogP contribution in [0.2, 0.25) is 10.0 Å². The van der Waals surface area contributed by atoms with Gasteiger partial charge in [-0.2, -0.15) is 26.7 Å². The van der Waals surface area contributed by atoms with Crippen LogP contribution in [0.25, 0.3) is 0 Å². The number of hydrazone groups is 1. The Morgan fingerprint density at radius 1 is 1.00 bits per heavy atom. The van der Waals surface area contributed by atoms with E-state index in [0.29, 0.717) is 27.7 Å². The lowest BCUT2D eigenvalue weighted by atomic mass is 10.1. The Bertz CT molecular complexity index is 1380. The van der Waals surface area contributed by atoms with Gasteiger partial charge in [0.2, 0.25) is 5.91 Å². The van der Waals surface area contributed by atoms with E-state index in [1.807, 2.05) is 0 Å². The SMILES string of the molecule is C/C(=N\NC(=O)Cc1ccc(Cl)c(Cl)c1)c1ccccc1OS(=O)(=O)c1ccc(C(F)(F)F)cc1. The molecule has 0 aliphatic heterocycles. The van der Waals surface area contributed by atoms with E-state index in [1.54, 1.807) is 24.3 Å². The number of halogens is 5. The zero-order valence-electron chi connectivity index (χ0n) is 17.9. The van der Waals surface area contributed by atoms with Crippen LogP contribution in [0.1, 0.15) is 23.6 Å². The lowest BCUT2D eigenvalue weighted by Gasteiger charge is -2.12. The first kappa shape index (κ1) is 26.5. The van der Waals surface area contributed by atoms with Gasteiger partial charge >= 0.3 is 16.3 Å². The Balaban J connectivity index is 1.75. The fourth-order valence-electron chi connectivity index (χ4n) is 2.90. The summed E-state index contributed by atoms with van der Waals surface area (Å²) in [5, 5.41) is 4.65. The molecule has 35 heavy (non-hydrogen) atoms. The first-order chi connectivity index (χ1) is 16.4. The fourth-order valence-corrected chi connectivity index (χ4v) is 4.16. The summed E-state index contributed by atoms with van der Waals surface area (Å²) in [7, 11) is -4.44. The first-order valence-corrected chi connectivity index (χ1v) is 12.0. The Hall–Kier alpha value is -3.08. The summed E-state index contributed by atoms with van der Waals surface area (Å²) in [5.74, 6) is -0.578. The largest absolute Gasteiger partial charge is 0.416 e. The number of rotatable bonds is 7. The van der Waals surface area contributed by atoms with Crippen molar-refractivity contribution in [3.8, 4) is 5.75 Å². The minimum absolute atomic E-state index is 0.0336. The highest BCUT2D eigenvalue weighted by Crippen LogP contribution is 2.30. The first-order valence-electron chi connectivity index (χ1n) is 9.85. The predicted octanol–water partition coefficient (Wildman–Crippen LogP) is 5.86. The molecule has 0 spiro atoms. The van der Waals surface area contributed by atoms with E-state index in [9.17, 15) is 26.4 Å². The Kier molecular flexibility index (Phi) is 8.09. The molecular weight excluding hydrogens is 528 g/mol. The molecule has 0 unspecified atom stereocenters. The topological polar surface area (TPSA) is 84.8 Å². The third-order valence-electron chi connectivity index (χ3n) is 4.64. The Morgan fingerprint density at radius 3 is 2.29 bits per heavy atom. The van der Waals surface area contributed by atoms with Crippen LogP contribution in [0.4, 0.5) is 13.2 Å². The third kappa shape index (κ3) is 6.97. The van der Waals surface area contributed by atoms with E-state index in [4.69, 9.17) is 27.4 Å². The molecule has 0 aliphatic carbocycles. The molecule has 0 saturated carbocycles. The van der Waals surface area contributed by atoms with Crippen LogP contribution in [-0.2, 0) is 27.5 Å². The van der Waals surface area contributed by atoms with Crippen molar-refractivity contribution in [2.45, 2.75) is 24.4 Å². The molecule has 1 amide bonds. The Labute approximate surface area is 209 Å². The summed E-state index contributed by atoms with van der Waals surface area (Å²) in [5.41, 5.74) is 2.46. The number of carbonyl (C=O) groups is 1. The normalized spacial score (nSPS) is 12.3. The molecular formula is C23H17Cl2F3N2O4S. The lowest BCUT2D eigenvalue weighted by Crippen LogP contribution is -2.21. The summed E-state index contributed by atoms with van der Waals surface area (Å²) in [6, 6.07) is 13.7. The summed E-state index contributed by atoms with van der Waals surface area (Å²) in [6.45, 7) is 1.52. The maximum atomic E-state index is 12.8. The second-order valence-electron chi connectivity index (χ2n) is 7.21. The van der Waals surface area contributed by atoms with Crippen molar-refractivity contribution in [3.05, 3.63) is 93.5 Å². The molecule has 0 atom stereocenters. The molecule has 0 radical (unpaired) electrons. The van der Waals surface area contributed by atoms with Crippen molar-refractivity contribution in [1.29, 1.82) is 0 Å². The summed E-state index contributed by atoms with van der Waals surface area (Å²) >= 11 is 11.8. The minimum Gasteiger partial charge on any atom is -0.378 e. The van der Waals surface area contributed by atoms with Crippen molar-refractivity contribution >= 4 is 44.9 Å². The number of nitrogens with zero attached hydrogens (tertiary/aromatic N) is 1. The van der Waals surface area contributed by atoms with Crippen molar-refractivity contribution in [1.82, 2.24) is 5.43 Å². The van der Waals surface area contributed by atoms with Crippen LogP contribution in [0, 0.1) is 0 Å². The van der Waals surface area contributed by atoms with Gasteiger partial charge in [-0.15, -0.1) is 0 Å². The molecule has 3 rings (SSSR count). The van der Waals surface area contributed by atoms with Crippen molar-refractivity contribution < 1.29 is 30.6 Å². The molecule has 0 saturated heterocycles. The quantitative estimate of drug-likeness (QED) is 0.229. The average molecular weight is 545 g/mol. The predicted molar refractivity (Wildman–Crippen MR) is 126 cm³/mol. The molecule has 3 aromatic rings. The number of nitrogens with one attached hydrogen (secondary N) is 1. The molecule has 0 aromatic heterocycles. The second kappa shape index (κ2) is 10.7. The van der Waals surface area contributed by atoms with Crippen LogP contribution < -0.4 is 9.61 Å². The van der Waals surface area contributed by atoms with Crippen LogP contribution >= 0.6 is 23.2 Å². The van der Waals surface area contributed by atoms with E-state index >= 15 is 0 Å². The maximum absolute atomic E-state index is 12.8. The highest BCUT2D eigenvalue weighted by molar-refractivity contribution is 7.87. The molecule has 0 heterocycles. The summed E-state index contributed by atoms with van der Waals surface area (Å²) in [4.78, 5) is 11.8. The number of amides is 1. The van der Waals surface area contributed by atoms with Gasteiger partial charge in [-0.05, 0) is 61.0 Å².